The fourth-order valence-corrected chi connectivity index (χ4v) is 2.20. The lowest BCUT2D eigenvalue weighted by molar-refractivity contribution is -0.149. The van der Waals surface area contributed by atoms with Crippen LogP contribution in [0.5, 0.6) is 0 Å². The molecule has 0 saturated heterocycles. The summed E-state index contributed by atoms with van der Waals surface area (Å²) in [7, 11) is 0. The van der Waals surface area contributed by atoms with E-state index in [9.17, 15) is 14.7 Å². The summed E-state index contributed by atoms with van der Waals surface area (Å²) < 4.78 is 0.585. The third-order valence-corrected chi connectivity index (χ3v) is 4.01. The molecule has 0 spiro atoms. The highest BCUT2D eigenvalue weighted by Crippen LogP contribution is 2.26. The van der Waals surface area contributed by atoms with E-state index in [2.05, 4.69) is 26.2 Å². The van der Waals surface area contributed by atoms with Crippen LogP contribution >= 0.6 is 15.9 Å². The maximum absolute atomic E-state index is 12.0. The fraction of sp³-hybridized carbons (Fsp3) is 0.462. The predicted molar refractivity (Wildman–Crippen MR) is 74.9 cm³/mol. The van der Waals surface area contributed by atoms with E-state index < -0.39 is 11.4 Å². The Hall–Kier alpha value is -1.43. The molecule has 6 heteroatoms. The Bertz CT molecular complexity index is 473. The quantitative estimate of drug-likeness (QED) is 0.840. The largest absolute Gasteiger partial charge is 0.481 e. The first-order valence-electron chi connectivity index (χ1n) is 6.09. The summed E-state index contributed by atoms with van der Waals surface area (Å²) >= 11 is 3.24. The zero-order valence-corrected chi connectivity index (χ0v) is 12.5. The maximum atomic E-state index is 12.0. The Balaban J connectivity index is 2.79. The van der Waals surface area contributed by atoms with Crippen LogP contribution < -0.4 is 5.32 Å². The molecule has 5 nitrogen and oxygen atoms in total. The lowest BCUT2D eigenvalue weighted by Crippen LogP contribution is -2.42. The van der Waals surface area contributed by atoms with E-state index in [0.29, 0.717) is 17.3 Å². The highest BCUT2D eigenvalue weighted by atomic mass is 79.9. The molecule has 104 valence electrons. The van der Waals surface area contributed by atoms with Crippen molar-refractivity contribution >= 4 is 27.8 Å². The van der Waals surface area contributed by atoms with Crippen LogP contribution in [0.15, 0.2) is 22.8 Å². The molecule has 1 rings (SSSR count). The fourth-order valence-electron chi connectivity index (χ4n) is 1.76. The van der Waals surface area contributed by atoms with E-state index >= 15 is 0 Å². The smallest absolute Gasteiger partial charge is 0.311 e. The summed E-state index contributed by atoms with van der Waals surface area (Å²) in [6, 6.07) is 3.42. The van der Waals surface area contributed by atoms with Gasteiger partial charge in [-0.3, -0.25) is 9.59 Å². The van der Waals surface area contributed by atoms with Crippen LogP contribution in [-0.2, 0) is 4.79 Å². The van der Waals surface area contributed by atoms with Gasteiger partial charge in [0.25, 0.3) is 5.91 Å². The molecule has 1 aromatic heterocycles. The first kappa shape index (κ1) is 15.6. The summed E-state index contributed by atoms with van der Waals surface area (Å²) in [6.07, 6.45) is 2.44. The van der Waals surface area contributed by atoms with Crippen molar-refractivity contribution in [2.45, 2.75) is 26.7 Å². The molecule has 0 aliphatic rings. The molecule has 1 aromatic rings. The van der Waals surface area contributed by atoms with Gasteiger partial charge in [0.2, 0.25) is 0 Å². The Kier molecular flexibility index (Phi) is 5.47. The van der Waals surface area contributed by atoms with Crippen LogP contribution in [0.2, 0.25) is 0 Å². The molecule has 0 aliphatic carbocycles. The zero-order valence-electron chi connectivity index (χ0n) is 10.9. The van der Waals surface area contributed by atoms with Gasteiger partial charge in [0.1, 0.15) is 5.69 Å². The molecular formula is C13H17BrN2O3. The van der Waals surface area contributed by atoms with Crippen LogP contribution in [-0.4, -0.2) is 28.5 Å². The standard InChI is InChI=1S/C13H17BrN2O3/c1-3-13(4-2,12(18)19)8-16-11(17)10-9(14)6-5-7-15-10/h5-7H,3-4,8H2,1-2H3,(H,16,17)(H,18,19). The summed E-state index contributed by atoms with van der Waals surface area (Å²) in [5, 5.41) is 11.9. The minimum atomic E-state index is -0.920. The number of hydrogen-bond donors (Lipinski definition) is 2. The summed E-state index contributed by atoms with van der Waals surface area (Å²) in [6.45, 7) is 3.71. The van der Waals surface area contributed by atoms with Gasteiger partial charge >= 0.3 is 5.97 Å². The highest BCUT2D eigenvalue weighted by molar-refractivity contribution is 9.10. The van der Waals surface area contributed by atoms with Crippen molar-refractivity contribution in [2.24, 2.45) is 5.41 Å². The summed E-state index contributed by atoms with van der Waals surface area (Å²) in [5.41, 5.74) is -0.661. The van der Waals surface area contributed by atoms with Crippen molar-refractivity contribution in [3.63, 3.8) is 0 Å². The molecule has 0 fully saturated rings. The number of halogens is 1. The van der Waals surface area contributed by atoms with Gasteiger partial charge in [0.15, 0.2) is 0 Å². The lowest BCUT2D eigenvalue weighted by atomic mass is 9.82. The number of rotatable bonds is 6. The molecular weight excluding hydrogens is 312 g/mol. The number of nitrogens with one attached hydrogen (secondary N) is 1. The predicted octanol–water partition coefficient (Wildman–Crippen LogP) is 2.46. The van der Waals surface area contributed by atoms with Gasteiger partial charge in [-0.15, -0.1) is 0 Å². The van der Waals surface area contributed by atoms with E-state index in [1.165, 1.54) is 6.20 Å². The molecule has 1 amide bonds. The minimum Gasteiger partial charge on any atom is -0.481 e. The van der Waals surface area contributed by atoms with Gasteiger partial charge in [-0.2, -0.15) is 0 Å². The average molecular weight is 329 g/mol. The molecule has 0 saturated carbocycles. The Labute approximate surface area is 120 Å². The van der Waals surface area contributed by atoms with Crippen molar-refractivity contribution < 1.29 is 14.7 Å². The minimum absolute atomic E-state index is 0.0944. The van der Waals surface area contributed by atoms with Crippen molar-refractivity contribution in [3.8, 4) is 0 Å². The van der Waals surface area contributed by atoms with Gasteiger partial charge in [-0.1, -0.05) is 13.8 Å². The molecule has 19 heavy (non-hydrogen) atoms. The van der Waals surface area contributed by atoms with Crippen LogP contribution in [0.4, 0.5) is 0 Å². The third-order valence-electron chi connectivity index (χ3n) is 3.37. The number of aromatic nitrogens is 1. The van der Waals surface area contributed by atoms with E-state index in [4.69, 9.17) is 0 Å². The van der Waals surface area contributed by atoms with E-state index in [1.807, 2.05) is 0 Å². The van der Waals surface area contributed by atoms with E-state index in [-0.39, 0.29) is 18.1 Å². The second-order valence-electron chi connectivity index (χ2n) is 4.31. The Morgan fingerprint density at radius 1 is 1.42 bits per heavy atom. The normalized spacial score (nSPS) is 11.1. The number of carbonyl (C=O) groups excluding carboxylic acids is 1. The molecule has 1 heterocycles. The van der Waals surface area contributed by atoms with Gasteiger partial charge in [-0.05, 0) is 40.9 Å². The van der Waals surface area contributed by atoms with Gasteiger partial charge < -0.3 is 10.4 Å². The van der Waals surface area contributed by atoms with Gasteiger partial charge in [0.05, 0.1) is 5.41 Å². The molecule has 2 N–H and O–H groups in total. The van der Waals surface area contributed by atoms with Crippen LogP contribution in [0.25, 0.3) is 0 Å². The Morgan fingerprint density at radius 3 is 2.53 bits per heavy atom. The molecule has 0 aromatic carbocycles. The van der Waals surface area contributed by atoms with Gasteiger partial charge in [0, 0.05) is 17.2 Å². The third kappa shape index (κ3) is 3.53. The van der Waals surface area contributed by atoms with Crippen LogP contribution in [0.1, 0.15) is 37.2 Å². The summed E-state index contributed by atoms with van der Waals surface area (Å²) in [4.78, 5) is 27.3. The van der Waals surface area contributed by atoms with Crippen LogP contribution in [0, 0.1) is 5.41 Å². The Morgan fingerprint density at radius 2 is 2.05 bits per heavy atom. The summed E-state index contributed by atoms with van der Waals surface area (Å²) in [5.74, 6) is -1.27. The SMILES string of the molecule is CCC(CC)(CNC(=O)c1ncccc1Br)C(=O)O. The van der Waals surface area contributed by atoms with E-state index in [0.717, 1.165) is 0 Å². The van der Waals surface area contributed by atoms with Crippen LogP contribution in [0.3, 0.4) is 0 Å². The number of amides is 1. The van der Waals surface area contributed by atoms with Gasteiger partial charge in [-0.25, -0.2) is 4.98 Å². The van der Waals surface area contributed by atoms with E-state index in [1.54, 1.807) is 26.0 Å². The first-order valence-corrected chi connectivity index (χ1v) is 6.88. The second-order valence-corrected chi connectivity index (χ2v) is 5.16. The molecule has 0 aliphatic heterocycles. The first-order chi connectivity index (χ1) is 8.96. The van der Waals surface area contributed by atoms with Crippen molar-refractivity contribution in [1.82, 2.24) is 10.3 Å². The number of carboxylic acid groups (broad SMARTS) is 1. The molecule has 0 unspecified atom stereocenters. The van der Waals surface area contributed by atoms with Crippen molar-refractivity contribution in [3.05, 3.63) is 28.5 Å². The number of pyridine rings is 1. The number of hydrogen-bond acceptors (Lipinski definition) is 3. The zero-order chi connectivity index (χ0) is 14.5. The number of carbonyl (C=O) groups is 2. The van der Waals surface area contributed by atoms with Crippen molar-refractivity contribution in [1.29, 1.82) is 0 Å². The van der Waals surface area contributed by atoms with Crippen molar-refractivity contribution in [2.75, 3.05) is 6.54 Å². The lowest BCUT2D eigenvalue weighted by Gasteiger charge is -2.26. The molecule has 0 bridgehead atoms. The number of nitrogens with zero attached hydrogens (tertiary/aromatic N) is 1. The monoisotopic (exact) mass is 328 g/mol. The number of carboxylic acids is 1. The second kappa shape index (κ2) is 6.65. The average Bonchev–Trinajstić information content (AvgIpc) is 2.40. The number of aliphatic carboxylic acids is 1. The molecule has 0 atom stereocenters. The topological polar surface area (TPSA) is 79.3 Å². The highest BCUT2D eigenvalue weighted by Gasteiger charge is 2.35. The maximum Gasteiger partial charge on any atom is 0.311 e. The molecule has 0 radical (unpaired) electrons.